The number of aromatic hydroxyl groups is 1. The van der Waals surface area contributed by atoms with Gasteiger partial charge in [0, 0.05) is 17.3 Å². The minimum atomic E-state index is -4.64. The second-order valence-corrected chi connectivity index (χ2v) is 4.65. The Balaban J connectivity index is 2.34. The molecule has 0 saturated heterocycles. The first kappa shape index (κ1) is 14.3. The lowest BCUT2D eigenvalue weighted by Gasteiger charge is -2.13. The van der Waals surface area contributed by atoms with Crippen LogP contribution in [0.25, 0.3) is 16.5 Å². The Labute approximate surface area is 122 Å². The first-order valence-corrected chi connectivity index (χ1v) is 6.36. The molecular weight excluding hydrogens is 297 g/mol. The van der Waals surface area contributed by atoms with Crippen molar-refractivity contribution >= 4 is 10.8 Å². The lowest BCUT2D eigenvalue weighted by Crippen LogP contribution is -2.17. The second-order valence-electron chi connectivity index (χ2n) is 4.65. The highest BCUT2D eigenvalue weighted by Crippen LogP contribution is 2.35. The van der Waals surface area contributed by atoms with E-state index in [9.17, 15) is 18.3 Å². The van der Waals surface area contributed by atoms with Crippen molar-refractivity contribution in [3.05, 3.63) is 47.8 Å². The van der Waals surface area contributed by atoms with Crippen molar-refractivity contribution in [2.75, 3.05) is 0 Å². The Morgan fingerprint density at radius 1 is 1.09 bits per heavy atom. The standard InChI is InChI=1S/C14H11F3N4O/c15-14(16,17)13-10(7-18)19-20-21(13)11-5-1-4-9-8(11)3-2-6-12(9)22/h1-6,22H,7,18H2. The molecule has 0 aliphatic carbocycles. The molecule has 0 amide bonds. The average molecular weight is 308 g/mol. The number of hydrogen-bond acceptors (Lipinski definition) is 4. The summed E-state index contributed by atoms with van der Waals surface area (Å²) in [6, 6.07) is 9.25. The molecule has 0 aliphatic heterocycles. The van der Waals surface area contributed by atoms with Gasteiger partial charge in [0.15, 0.2) is 5.69 Å². The van der Waals surface area contributed by atoms with Crippen LogP contribution in [0.15, 0.2) is 36.4 Å². The summed E-state index contributed by atoms with van der Waals surface area (Å²) in [5, 5.41) is 17.8. The molecular formula is C14H11F3N4O. The normalized spacial score (nSPS) is 12.0. The van der Waals surface area contributed by atoms with Gasteiger partial charge in [-0.2, -0.15) is 13.2 Å². The zero-order valence-electron chi connectivity index (χ0n) is 11.2. The van der Waals surface area contributed by atoms with E-state index >= 15 is 0 Å². The molecule has 1 aromatic heterocycles. The van der Waals surface area contributed by atoms with Crippen LogP contribution in [0.3, 0.4) is 0 Å². The number of nitrogens with two attached hydrogens (primary N) is 1. The van der Waals surface area contributed by atoms with Crippen LogP contribution in [0, 0.1) is 0 Å². The maximum atomic E-state index is 13.3. The second kappa shape index (κ2) is 4.99. The molecule has 3 aromatic rings. The quantitative estimate of drug-likeness (QED) is 0.763. The molecule has 1 heterocycles. The van der Waals surface area contributed by atoms with Crippen LogP contribution in [0.2, 0.25) is 0 Å². The van der Waals surface area contributed by atoms with E-state index < -0.39 is 11.9 Å². The van der Waals surface area contributed by atoms with Crippen molar-refractivity contribution in [1.29, 1.82) is 0 Å². The minimum Gasteiger partial charge on any atom is -0.507 e. The van der Waals surface area contributed by atoms with Crippen molar-refractivity contribution in [2.24, 2.45) is 5.73 Å². The molecule has 2 aromatic carbocycles. The minimum absolute atomic E-state index is 0.0212. The van der Waals surface area contributed by atoms with Crippen molar-refractivity contribution < 1.29 is 18.3 Å². The molecule has 8 heteroatoms. The predicted molar refractivity (Wildman–Crippen MR) is 73.4 cm³/mol. The van der Waals surface area contributed by atoms with E-state index in [2.05, 4.69) is 10.3 Å². The summed E-state index contributed by atoms with van der Waals surface area (Å²) in [4.78, 5) is 0. The molecule has 0 aliphatic rings. The van der Waals surface area contributed by atoms with E-state index in [1.807, 2.05) is 0 Å². The SMILES string of the molecule is NCc1nnn(-c2cccc3c(O)cccc23)c1C(F)(F)F. The van der Waals surface area contributed by atoms with E-state index in [-0.39, 0.29) is 23.7 Å². The fraction of sp³-hybridized carbons (Fsp3) is 0.143. The lowest BCUT2D eigenvalue weighted by molar-refractivity contribution is -0.143. The van der Waals surface area contributed by atoms with Crippen molar-refractivity contribution in [1.82, 2.24) is 15.0 Å². The summed E-state index contributed by atoms with van der Waals surface area (Å²) in [7, 11) is 0. The highest BCUT2D eigenvalue weighted by Gasteiger charge is 2.39. The van der Waals surface area contributed by atoms with E-state index in [1.165, 1.54) is 12.1 Å². The molecule has 0 spiro atoms. The van der Waals surface area contributed by atoms with Gasteiger partial charge < -0.3 is 10.8 Å². The largest absolute Gasteiger partial charge is 0.507 e. The van der Waals surface area contributed by atoms with Crippen LogP contribution in [0.4, 0.5) is 13.2 Å². The Morgan fingerprint density at radius 3 is 2.45 bits per heavy atom. The summed E-state index contributed by atoms with van der Waals surface area (Å²) in [5.41, 5.74) is 4.16. The third-order valence-corrected chi connectivity index (χ3v) is 3.31. The molecule has 0 bridgehead atoms. The summed E-state index contributed by atoms with van der Waals surface area (Å²) >= 11 is 0. The number of alkyl halides is 3. The van der Waals surface area contributed by atoms with Gasteiger partial charge in [-0.05, 0) is 12.1 Å². The molecule has 0 atom stereocenters. The van der Waals surface area contributed by atoms with Crippen LogP contribution >= 0.6 is 0 Å². The van der Waals surface area contributed by atoms with Crippen LogP contribution in [-0.4, -0.2) is 20.1 Å². The molecule has 3 N–H and O–H groups in total. The fourth-order valence-electron chi connectivity index (χ4n) is 2.36. The van der Waals surface area contributed by atoms with Gasteiger partial charge >= 0.3 is 6.18 Å². The molecule has 0 unspecified atom stereocenters. The Bertz CT molecular complexity index is 842. The number of rotatable bonds is 2. The monoisotopic (exact) mass is 308 g/mol. The lowest BCUT2D eigenvalue weighted by atomic mass is 10.1. The zero-order chi connectivity index (χ0) is 15.9. The summed E-state index contributed by atoms with van der Waals surface area (Å²) in [6.45, 7) is -0.370. The van der Waals surface area contributed by atoms with E-state index in [0.29, 0.717) is 15.5 Å². The Kier molecular flexibility index (Phi) is 3.25. The molecule has 114 valence electrons. The number of hydrogen-bond donors (Lipinski definition) is 2. The van der Waals surface area contributed by atoms with Gasteiger partial charge in [0.2, 0.25) is 0 Å². The Morgan fingerprint density at radius 2 is 1.77 bits per heavy atom. The van der Waals surface area contributed by atoms with Crippen LogP contribution in [0.1, 0.15) is 11.4 Å². The molecule has 22 heavy (non-hydrogen) atoms. The van der Waals surface area contributed by atoms with Crippen LogP contribution in [0.5, 0.6) is 5.75 Å². The van der Waals surface area contributed by atoms with Crippen molar-refractivity contribution in [3.8, 4) is 11.4 Å². The topological polar surface area (TPSA) is 77.0 Å². The van der Waals surface area contributed by atoms with E-state index in [1.54, 1.807) is 24.3 Å². The summed E-state index contributed by atoms with van der Waals surface area (Å²) in [5.74, 6) is -0.0212. The molecule has 0 fully saturated rings. The van der Waals surface area contributed by atoms with Crippen LogP contribution in [-0.2, 0) is 12.7 Å². The van der Waals surface area contributed by atoms with Gasteiger partial charge in [0.25, 0.3) is 0 Å². The number of benzene rings is 2. The number of aromatic nitrogens is 3. The molecule has 5 nitrogen and oxygen atoms in total. The number of fused-ring (bicyclic) bond motifs is 1. The van der Waals surface area contributed by atoms with Crippen LogP contribution < -0.4 is 5.73 Å². The van der Waals surface area contributed by atoms with Gasteiger partial charge in [-0.15, -0.1) is 5.10 Å². The Hall–Kier alpha value is -2.61. The first-order chi connectivity index (χ1) is 10.4. The van der Waals surface area contributed by atoms with Crippen molar-refractivity contribution in [2.45, 2.75) is 12.7 Å². The predicted octanol–water partition coefficient (Wildman–Crippen LogP) is 2.60. The summed E-state index contributed by atoms with van der Waals surface area (Å²) in [6.07, 6.45) is -4.64. The maximum Gasteiger partial charge on any atom is 0.435 e. The third kappa shape index (κ3) is 2.17. The number of phenols is 1. The summed E-state index contributed by atoms with van der Waals surface area (Å²) < 4.78 is 40.6. The van der Waals surface area contributed by atoms with Gasteiger partial charge in [-0.25, -0.2) is 4.68 Å². The van der Waals surface area contributed by atoms with Gasteiger partial charge in [0.05, 0.1) is 5.69 Å². The number of nitrogens with zero attached hydrogens (tertiary/aromatic N) is 3. The fourth-order valence-corrected chi connectivity index (χ4v) is 2.36. The first-order valence-electron chi connectivity index (χ1n) is 6.36. The van der Waals surface area contributed by atoms with Gasteiger partial charge in [-0.1, -0.05) is 29.5 Å². The number of phenolic OH excluding ortho intramolecular Hbond substituents is 1. The zero-order valence-corrected chi connectivity index (χ0v) is 11.2. The van der Waals surface area contributed by atoms with E-state index in [4.69, 9.17) is 5.73 Å². The van der Waals surface area contributed by atoms with E-state index in [0.717, 1.165) is 0 Å². The maximum absolute atomic E-state index is 13.3. The average Bonchev–Trinajstić information content (AvgIpc) is 2.91. The highest BCUT2D eigenvalue weighted by molar-refractivity contribution is 5.94. The van der Waals surface area contributed by atoms with Gasteiger partial charge in [-0.3, -0.25) is 0 Å². The van der Waals surface area contributed by atoms with Gasteiger partial charge in [0.1, 0.15) is 11.4 Å². The smallest absolute Gasteiger partial charge is 0.435 e. The molecule has 0 radical (unpaired) electrons. The van der Waals surface area contributed by atoms with Crippen molar-refractivity contribution in [3.63, 3.8) is 0 Å². The molecule has 0 saturated carbocycles. The molecule has 3 rings (SSSR count). The third-order valence-electron chi connectivity index (χ3n) is 3.31. The number of halogens is 3. The highest BCUT2D eigenvalue weighted by atomic mass is 19.4.